The lowest BCUT2D eigenvalue weighted by Gasteiger charge is -2.29. The molecular formula is C21H28F4N2O4. The zero-order valence-electron chi connectivity index (χ0n) is 17.6. The van der Waals surface area contributed by atoms with Crippen LogP contribution in [0.15, 0.2) is 24.3 Å². The maximum absolute atomic E-state index is 13.0. The Morgan fingerprint density at radius 3 is 2.42 bits per heavy atom. The van der Waals surface area contributed by atoms with Gasteiger partial charge in [-0.3, -0.25) is 9.69 Å². The van der Waals surface area contributed by atoms with E-state index < -0.39 is 12.1 Å². The van der Waals surface area contributed by atoms with E-state index in [9.17, 15) is 22.4 Å². The van der Waals surface area contributed by atoms with Crippen LogP contribution >= 0.6 is 0 Å². The van der Waals surface area contributed by atoms with Gasteiger partial charge >= 0.3 is 12.1 Å². The number of carbonyl (C=O) groups is 2. The molecule has 10 heteroatoms. The summed E-state index contributed by atoms with van der Waals surface area (Å²) in [4.78, 5) is 24.6. The third-order valence-corrected chi connectivity index (χ3v) is 5.79. The van der Waals surface area contributed by atoms with E-state index >= 15 is 0 Å². The lowest BCUT2D eigenvalue weighted by Crippen LogP contribution is -2.34. The van der Waals surface area contributed by atoms with Gasteiger partial charge in [0.25, 0.3) is 0 Å². The summed E-state index contributed by atoms with van der Waals surface area (Å²) in [5.41, 5.74) is 1.34. The van der Waals surface area contributed by atoms with Crippen molar-refractivity contribution in [3.8, 4) is 0 Å². The van der Waals surface area contributed by atoms with Gasteiger partial charge in [-0.25, -0.2) is 9.18 Å². The molecule has 6 nitrogen and oxygen atoms in total. The standard InChI is InChI=1S/C19H27FN2O2.C2HF3O2/c1-21(2)18(23)12-24-14-19-9-3-4-16(19)11-22(13-19)10-15-5-7-17(20)8-6-15;3-2(4,5)1(6)7/h5-8,16H,3-4,9-14H2,1-2H3;(H,6,7)/t16-,19+;/m1./s1. The Labute approximate surface area is 178 Å². The second-order valence-electron chi connectivity index (χ2n) is 8.33. The van der Waals surface area contributed by atoms with Crippen molar-refractivity contribution >= 4 is 11.9 Å². The molecule has 1 saturated carbocycles. The fraction of sp³-hybridized carbons (Fsp3) is 0.619. The minimum absolute atomic E-state index is 0.0158. The number of amides is 1. The van der Waals surface area contributed by atoms with Crippen LogP contribution in [0.25, 0.3) is 0 Å². The number of aliphatic carboxylic acids is 1. The van der Waals surface area contributed by atoms with E-state index in [0.29, 0.717) is 12.5 Å². The number of fused-ring (bicyclic) bond motifs is 1. The molecule has 0 radical (unpaired) electrons. The highest BCUT2D eigenvalue weighted by atomic mass is 19.4. The number of benzene rings is 1. The first-order chi connectivity index (χ1) is 14.4. The van der Waals surface area contributed by atoms with Crippen molar-refractivity contribution in [2.45, 2.75) is 32.0 Å². The highest BCUT2D eigenvalue weighted by Crippen LogP contribution is 2.49. The number of carboxylic acid groups (broad SMARTS) is 1. The van der Waals surface area contributed by atoms with Gasteiger partial charge in [0.15, 0.2) is 0 Å². The van der Waals surface area contributed by atoms with Gasteiger partial charge in [-0.15, -0.1) is 0 Å². The molecule has 1 aliphatic carbocycles. The SMILES string of the molecule is CN(C)C(=O)COC[C@@]12CCC[C@@H]1CN(Cc1ccc(F)cc1)C2.O=C(O)C(F)(F)F. The van der Waals surface area contributed by atoms with Gasteiger partial charge in [-0.05, 0) is 36.5 Å². The van der Waals surface area contributed by atoms with Crippen LogP contribution in [0.3, 0.4) is 0 Å². The molecule has 1 heterocycles. The summed E-state index contributed by atoms with van der Waals surface area (Å²) in [5, 5.41) is 7.12. The Morgan fingerprint density at radius 2 is 1.87 bits per heavy atom. The Kier molecular flexibility index (Phi) is 8.41. The molecule has 0 spiro atoms. The van der Waals surface area contributed by atoms with Crippen molar-refractivity contribution in [3.63, 3.8) is 0 Å². The van der Waals surface area contributed by atoms with Gasteiger partial charge in [0, 0.05) is 39.1 Å². The van der Waals surface area contributed by atoms with Crippen LogP contribution in [0, 0.1) is 17.2 Å². The summed E-state index contributed by atoms with van der Waals surface area (Å²) in [6, 6.07) is 6.78. The first kappa shape index (κ1) is 25.1. The van der Waals surface area contributed by atoms with Crippen molar-refractivity contribution < 1.29 is 37.0 Å². The summed E-state index contributed by atoms with van der Waals surface area (Å²) in [7, 11) is 3.50. The third kappa shape index (κ3) is 7.17. The van der Waals surface area contributed by atoms with Crippen LogP contribution in [-0.2, 0) is 20.9 Å². The molecule has 174 valence electrons. The average Bonchev–Trinajstić information content (AvgIpc) is 3.19. The minimum Gasteiger partial charge on any atom is -0.475 e. The van der Waals surface area contributed by atoms with E-state index in [-0.39, 0.29) is 23.7 Å². The summed E-state index contributed by atoms with van der Waals surface area (Å²) < 4.78 is 50.6. The van der Waals surface area contributed by atoms with E-state index in [2.05, 4.69) is 4.90 Å². The fourth-order valence-electron chi connectivity index (χ4n) is 4.20. The molecule has 1 N–H and O–H groups in total. The summed E-state index contributed by atoms with van der Waals surface area (Å²) in [5.74, 6) is -2.28. The molecule has 0 aromatic heterocycles. The largest absolute Gasteiger partial charge is 0.490 e. The number of carboxylic acids is 1. The van der Waals surface area contributed by atoms with E-state index in [0.717, 1.165) is 25.2 Å². The van der Waals surface area contributed by atoms with Gasteiger partial charge in [-0.1, -0.05) is 18.6 Å². The summed E-state index contributed by atoms with van der Waals surface area (Å²) in [6.45, 7) is 3.76. The summed E-state index contributed by atoms with van der Waals surface area (Å²) >= 11 is 0. The number of halogens is 4. The Hall–Kier alpha value is -2.20. The number of ether oxygens (including phenoxy) is 1. The fourth-order valence-corrected chi connectivity index (χ4v) is 4.20. The second kappa shape index (κ2) is 10.4. The highest BCUT2D eigenvalue weighted by molar-refractivity contribution is 5.76. The maximum Gasteiger partial charge on any atom is 0.490 e. The molecule has 2 fully saturated rings. The van der Waals surface area contributed by atoms with Crippen LogP contribution in [0.4, 0.5) is 17.6 Å². The summed E-state index contributed by atoms with van der Waals surface area (Å²) in [6.07, 6.45) is -1.42. The van der Waals surface area contributed by atoms with Gasteiger partial charge < -0.3 is 14.7 Å². The molecule has 2 atom stereocenters. The molecule has 1 aromatic carbocycles. The second-order valence-corrected chi connectivity index (χ2v) is 8.33. The van der Waals surface area contributed by atoms with Crippen molar-refractivity contribution in [2.75, 3.05) is 40.4 Å². The lowest BCUT2D eigenvalue weighted by atomic mass is 9.81. The number of hydrogen-bond donors (Lipinski definition) is 1. The van der Waals surface area contributed by atoms with Crippen LogP contribution in [0.1, 0.15) is 24.8 Å². The Balaban J connectivity index is 0.000000423. The van der Waals surface area contributed by atoms with Crippen molar-refractivity contribution in [1.82, 2.24) is 9.80 Å². The van der Waals surface area contributed by atoms with Crippen LogP contribution in [-0.4, -0.2) is 73.4 Å². The predicted molar refractivity (Wildman–Crippen MR) is 105 cm³/mol. The third-order valence-electron chi connectivity index (χ3n) is 5.79. The van der Waals surface area contributed by atoms with E-state index in [1.807, 2.05) is 12.1 Å². The van der Waals surface area contributed by atoms with Crippen molar-refractivity contribution in [1.29, 1.82) is 0 Å². The topological polar surface area (TPSA) is 70.1 Å². The van der Waals surface area contributed by atoms with E-state index in [1.165, 1.54) is 31.4 Å². The molecule has 1 aliphatic heterocycles. The van der Waals surface area contributed by atoms with Crippen LogP contribution in [0.2, 0.25) is 0 Å². The Bertz CT molecular complexity index is 755. The van der Waals surface area contributed by atoms with E-state index in [4.69, 9.17) is 14.6 Å². The minimum atomic E-state index is -5.08. The van der Waals surface area contributed by atoms with Gasteiger partial charge in [0.05, 0.1) is 6.61 Å². The quantitative estimate of drug-likeness (QED) is 0.677. The number of alkyl halides is 3. The molecular weight excluding hydrogens is 420 g/mol. The highest BCUT2D eigenvalue weighted by Gasteiger charge is 2.49. The molecule has 1 amide bonds. The van der Waals surface area contributed by atoms with E-state index in [1.54, 1.807) is 19.0 Å². The smallest absolute Gasteiger partial charge is 0.475 e. The normalized spacial score (nSPS) is 23.1. The number of likely N-dealkylation sites (tertiary alicyclic amines) is 1. The zero-order valence-corrected chi connectivity index (χ0v) is 17.6. The molecule has 31 heavy (non-hydrogen) atoms. The van der Waals surface area contributed by atoms with Gasteiger partial charge in [-0.2, -0.15) is 13.2 Å². The number of rotatable bonds is 6. The van der Waals surface area contributed by atoms with Crippen molar-refractivity contribution in [2.24, 2.45) is 11.3 Å². The average molecular weight is 448 g/mol. The van der Waals surface area contributed by atoms with Gasteiger partial charge in [0.1, 0.15) is 12.4 Å². The molecule has 0 unspecified atom stereocenters. The number of likely N-dealkylation sites (N-methyl/N-ethyl adjacent to an activating group) is 1. The van der Waals surface area contributed by atoms with Crippen LogP contribution in [0.5, 0.6) is 0 Å². The number of hydrogen-bond acceptors (Lipinski definition) is 4. The molecule has 1 aromatic rings. The van der Waals surface area contributed by atoms with Gasteiger partial charge in [0.2, 0.25) is 5.91 Å². The molecule has 2 aliphatic rings. The molecule has 1 saturated heterocycles. The zero-order chi connectivity index (χ0) is 23.2. The Morgan fingerprint density at radius 1 is 1.26 bits per heavy atom. The molecule has 0 bridgehead atoms. The number of carbonyl (C=O) groups excluding carboxylic acids is 1. The van der Waals surface area contributed by atoms with Crippen LogP contribution < -0.4 is 0 Å². The molecule has 3 rings (SSSR count). The number of nitrogens with zero attached hydrogens (tertiary/aromatic N) is 2. The predicted octanol–water partition coefficient (Wildman–Crippen LogP) is 3.17. The maximum atomic E-state index is 13.0. The first-order valence-electron chi connectivity index (χ1n) is 9.98. The van der Waals surface area contributed by atoms with Crippen molar-refractivity contribution in [3.05, 3.63) is 35.6 Å². The first-order valence-corrected chi connectivity index (χ1v) is 9.98. The lowest BCUT2D eigenvalue weighted by molar-refractivity contribution is -0.192. The monoisotopic (exact) mass is 448 g/mol.